The Morgan fingerprint density at radius 2 is 1.97 bits per heavy atom. The van der Waals surface area contributed by atoms with Crippen molar-refractivity contribution in [3.05, 3.63) is 81.7 Å². The van der Waals surface area contributed by atoms with Crippen LogP contribution in [0.3, 0.4) is 0 Å². The second kappa shape index (κ2) is 9.17. The fourth-order valence-corrected chi connectivity index (χ4v) is 3.03. The van der Waals surface area contributed by atoms with Gasteiger partial charge in [0.1, 0.15) is 5.76 Å². The average molecular weight is 435 g/mol. The highest BCUT2D eigenvalue weighted by Gasteiger charge is 2.34. The number of nitrogens with zero attached hydrogens (tertiary/aromatic N) is 3. The number of furan rings is 1. The number of amides is 1. The van der Waals surface area contributed by atoms with Crippen LogP contribution in [0.15, 0.2) is 57.9 Å². The van der Waals surface area contributed by atoms with Crippen LogP contribution in [0.4, 0.5) is 13.2 Å². The molecule has 7 nitrogen and oxygen atoms in total. The monoisotopic (exact) mass is 435 g/mol. The van der Waals surface area contributed by atoms with Gasteiger partial charge in [0.15, 0.2) is 5.69 Å². The van der Waals surface area contributed by atoms with E-state index in [9.17, 15) is 22.8 Å². The van der Waals surface area contributed by atoms with Crippen molar-refractivity contribution in [2.75, 3.05) is 20.3 Å². The Labute approximate surface area is 175 Å². The van der Waals surface area contributed by atoms with Crippen molar-refractivity contribution in [2.24, 2.45) is 0 Å². The van der Waals surface area contributed by atoms with Crippen molar-refractivity contribution >= 4 is 5.91 Å². The van der Waals surface area contributed by atoms with E-state index in [0.717, 1.165) is 16.8 Å². The van der Waals surface area contributed by atoms with Gasteiger partial charge in [0.2, 0.25) is 5.43 Å². The van der Waals surface area contributed by atoms with Gasteiger partial charge in [-0.25, -0.2) is 4.68 Å². The topological polar surface area (TPSA) is 77.6 Å². The van der Waals surface area contributed by atoms with E-state index in [1.165, 1.54) is 43.4 Å². The number of hydrogen-bond donors (Lipinski definition) is 0. The van der Waals surface area contributed by atoms with E-state index in [4.69, 9.17) is 9.15 Å². The lowest BCUT2D eigenvalue weighted by Crippen LogP contribution is -2.38. The molecule has 0 N–H and O–H groups in total. The van der Waals surface area contributed by atoms with E-state index >= 15 is 0 Å². The molecule has 0 saturated heterocycles. The van der Waals surface area contributed by atoms with Crippen molar-refractivity contribution in [1.82, 2.24) is 14.7 Å². The molecule has 0 aliphatic heterocycles. The fraction of sp³-hybridized carbons (Fsp3) is 0.286. The average Bonchev–Trinajstić information content (AvgIpc) is 3.23. The van der Waals surface area contributed by atoms with Crippen LogP contribution in [0.5, 0.6) is 0 Å². The summed E-state index contributed by atoms with van der Waals surface area (Å²) in [5.41, 5.74) is -2.24. The number of benzene rings is 1. The quantitative estimate of drug-likeness (QED) is 0.568. The van der Waals surface area contributed by atoms with E-state index in [0.29, 0.717) is 5.76 Å². The highest BCUT2D eigenvalue weighted by molar-refractivity contribution is 5.92. The molecule has 0 atom stereocenters. The Hall–Kier alpha value is -3.40. The molecular formula is C21H20F3N3O4. The molecule has 0 aliphatic carbocycles. The van der Waals surface area contributed by atoms with E-state index in [-0.39, 0.29) is 31.1 Å². The molecule has 164 valence electrons. The van der Waals surface area contributed by atoms with Gasteiger partial charge in [-0.15, -0.1) is 0 Å². The Morgan fingerprint density at radius 1 is 1.23 bits per heavy atom. The van der Waals surface area contributed by atoms with Crippen molar-refractivity contribution < 1.29 is 27.1 Å². The Morgan fingerprint density at radius 3 is 2.61 bits per heavy atom. The number of hydrogen-bond acceptors (Lipinski definition) is 5. The summed E-state index contributed by atoms with van der Waals surface area (Å²) in [7, 11) is 1.46. The van der Waals surface area contributed by atoms with Gasteiger partial charge in [-0.3, -0.25) is 9.59 Å². The summed E-state index contributed by atoms with van der Waals surface area (Å²) in [5.74, 6) is -0.268. The van der Waals surface area contributed by atoms with Crippen LogP contribution in [0.1, 0.15) is 27.5 Å². The number of alkyl halides is 3. The first-order valence-electron chi connectivity index (χ1n) is 9.30. The van der Waals surface area contributed by atoms with Gasteiger partial charge in [-0.2, -0.15) is 18.3 Å². The van der Waals surface area contributed by atoms with Crippen LogP contribution < -0.4 is 5.43 Å². The molecule has 1 amide bonds. The Bertz CT molecular complexity index is 1110. The summed E-state index contributed by atoms with van der Waals surface area (Å²) in [5, 5.41) is 4.02. The van der Waals surface area contributed by atoms with Gasteiger partial charge < -0.3 is 14.1 Å². The van der Waals surface area contributed by atoms with Crippen molar-refractivity contribution in [3.63, 3.8) is 0 Å². The molecule has 2 heterocycles. The fourth-order valence-electron chi connectivity index (χ4n) is 3.03. The minimum absolute atomic E-state index is 0.0450. The number of carbonyl (C=O) groups is 1. The zero-order valence-electron chi connectivity index (χ0n) is 16.8. The van der Waals surface area contributed by atoms with E-state index < -0.39 is 28.8 Å². The summed E-state index contributed by atoms with van der Waals surface area (Å²) in [6.45, 7) is 1.80. The van der Waals surface area contributed by atoms with Crippen LogP contribution in [0.2, 0.25) is 0 Å². The zero-order valence-corrected chi connectivity index (χ0v) is 16.8. The summed E-state index contributed by atoms with van der Waals surface area (Å²) in [6.07, 6.45) is -3.19. The van der Waals surface area contributed by atoms with Crippen LogP contribution in [-0.2, 0) is 17.5 Å². The maximum Gasteiger partial charge on any atom is 0.418 e. The van der Waals surface area contributed by atoms with Crippen molar-refractivity contribution in [1.29, 1.82) is 0 Å². The van der Waals surface area contributed by atoms with Crippen molar-refractivity contribution in [3.8, 4) is 5.69 Å². The molecule has 0 unspecified atom stereocenters. The Balaban J connectivity index is 2.06. The molecule has 0 spiro atoms. The van der Waals surface area contributed by atoms with Gasteiger partial charge in [-0.1, -0.05) is 12.1 Å². The molecule has 2 aromatic heterocycles. The van der Waals surface area contributed by atoms with Crippen LogP contribution in [0.25, 0.3) is 5.69 Å². The standard InChI is InChI=1S/C21H20F3N3O4/c1-14-12-18(28)19(20(29)26(9-11-30-2)13-15-6-5-10-31-15)25-27(14)17-8-4-3-7-16(17)21(22,23)24/h3-8,10,12H,9,11,13H2,1-2H3. The molecule has 3 rings (SSSR count). The number of aryl methyl sites for hydroxylation is 1. The second-order valence-electron chi connectivity index (χ2n) is 6.72. The van der Waals surface area contributed by atoms with Gasteiger partial charge in [0, 0.05) is 25.4 Å². The highest BCUT2D eigenvalue weighted by atomic mass is 19.4. The van der Waals surface area contributed by atoms with Crippen LogP contribution in [-0.4, -0.2) is 40.8 Å². The minimum atomic E-state index is -4.64. The van der Waals surface area contributed by atoms with Gasteiger partial charge in [0.25, 0.3) is 5.91 Å². The SMILES string of the molecule is COCCN(Cc1ccco1)C(=O)c1nn(-c2ccccc2C(F)(F)F)c(C)cc1=O. The third-order valence-corrected chi connectivity index (χ3v) is 4.53. The Kier molecular flexibility index (Phi) is 6.59. The third-order valence-electron chi connectivity index (χ3n) is 4.53. The highest BCUT2D eigenvalue weighted by Crippen LogP contribution is 2.33. The number of ether oxygens (including phenoxy) is 1. The minimum Gasteiger partial charge on any atom is -0.467 e. The summed E-state index contributed by atoms with van der Waals surface area (Å²) in [6, 6.07) is 9.23. The van der Waals surface area contributed by atoms with Gasteiger partial charge in [0.05, 0.1) is 30.7 Å². The largest absolute Gasteiger partial charge is 0.467 e. The first-order valence-corrected chi connectivity index (χ1v) is 9.30. The maximum absolute atomic E-state index is 13.5. The normalized spacial score (nSPS) is 11.5. The summed E-state index contributed by atoms with van der Waals surface area (Å²) in [4.78, 5) is 26.9. The van der Waals surface area contributed by atoms with Crippen LogP contribution >= 0.6 is 0 Å². The molecule has 0 bridgehead atoms. The number of rotatable bonds is 7. The van der Waals surface area contributed by atoms with Gasteiger partial charge in [-0.05, 0) is 31.2 Å². The van der Waals surface area contributed by atoms with Gasteiger partial charge >= 0.3 is 6.18 Å². The molecule has 10 heteroatoms. The number of para-hydroxylation sites is 1. The van der Waals surface area contributed by atoms with Crippen molar-refractivity contribution in [2.45, 2.75) is 19.6 Å². The maximum atomic E-state index is 13.5. The van der Waals surface area contributed by atoms with Crippen LogP contribution in [0, 0.1) is 6.92 Å². The lowest BCUT2D eigenvalue weighted by atomic mass is 10.1. The molecule has 1 aromatic carbocycles. The molecule has 0 radical (unpaired) electrons. The predicted octanol–water partition coefficient (Wildman–Crippen LogP) is 3.44. The molecule has 0 aliphatic rings. The first-order chi connectivity index (χ1) is 14.7. The first kappa shape index (κ1) is 22.3. The third kappa shape index (κ3) is 5.02. The molecule has 0 fully saturated rings. The predicted molar refractivity (Wildman–Crippen MR) is 105 cm³/mol. The number of methoxy groups -OCH3 is 1. The molecular weight excluding hydrogens is 415 g/mol. The number of carbonyl (C=O) groups excluding carboxylic acids is 1. The van der Waals surface area contributed by atoms with E-state index in [2.05, 4.69) is 5.10 Å². The summed E-state index contributed by atoms with van der Waals surface area (Å²) >= 11 is 0. The number of halogens is 3. The molecule has 31 heavy (non-hydrogen) atoms. The zero-order chi connectivity index (χ0) is 22.6. The second-order valence-corrected chi connectivity index (χ2v) is 6.72. The lowest BCUT2D eigenvalue weighted by Gasteiger charge is -2.22. The molecule has 3 aromatic rings. The van der Waals surface area contributed by atoms with E-state index in [1.54, 1.807) is 12.1 Å². The lowest BCUT2D eigenvalue weighted by molar-refractivity contribution is -0.137. The number of aromatic nitrogens is 2. The molecule has 0 saturated carbocycles. The smallest absolute Gasteiger partial charge is 0.418 e. The summed E-state index contributed by atoms with van der Waals surface area (Å²) < 4.78 is 51.7. The van der Waals surface area contributed by atoms with E-state index in [1.807, 2.05) is 0 Å².